The molecule has 134 valence electrons. The van der Waals surface area contributed by atoms with Gasteiger partial charge in [0.15, 0.2) is 0 Å². The number of pyridine rings is 1. The van der Waals surface area contributed by atoms with Gasteiger partial charge in [-0.1, -0.05) is 23.7 Å². The van der Waals surface area contributed by atoms with E-state index in [4.69, 9.17) is 25.8 Å². The van der Waals surface area contributed by atoms with Crippen molar-refractivity contribution in [3.63, 3.8) is 0 Å². The van der Waals surface area contributed by atoms with E-state index in [1.165, 1.54) is 6.07 Å². The van der Waals surface area contributed by atoms with Gasteiger partial charge >= 0.3 is 0 Å². The largest absolute Gasteiger partial charge is 0.495 e. The number of methoxy groups -OCH3 is 1. The fourth-order valence-corrected chi connectivity index (χ4v) is 2.93. The van der Waals surface area contributed by atoms with Crippen LogP contribution in [0.3, 0.4) is 0 Å². The normalized spacial score (nSPS) is 18.1. The summed E-state index contributed by atoms with van der Waals surface area (Å²) in [6.45, 7) is 3.28. The van der Waals surface area contributed by atoms with Gasteiger partial charge in [-0.25, -0.2) is 0 Å². The van der Waals surface area contributed by atoms with Crippen molar-refractivity contribution in [2.45, 2.75) is 12.6 Å². The molecule has 5 nitrogen and oxygen atoms in total. The van der Waals surface area contributed by atoms with Gasteiger partial charge in [-0.05, 0) is 23.8 Å². The molecule has 1 fully saturated rings. The highest BCUT2D eigenvalue weighted by Crippen LogP contribution is 2.26. The molecule has 2 aromatic rings. The van der Waals surface area contributed by atoms with E-state index in [1.807, 2.05) is 18.2 Å². The molecule has 0 saturated carbocycles. The molecule has 1 atom stereocenters. The van der Waals surface area contributed by atoms with Gasteiger partial charge < -0.3 is 14.2 Å². The third-order valence-corrected chi connectivity index (χ3v) is 4.26. The van der Waals surface area contributed by atoms with Crippen LogP contribution in [0.4, 0.5) is 4.39 Å². The predicted octanol–water partition coefficient (Wildman–Crippen LogP) is 3.16. The highest BCUT2D eigenvalue weighted by atomic mass is 35.5. The van der Waals surface area contributed by atoms with Crippen LogP contribution < -0.4 is 9.47 Å². The molecule has 2 heterocycles. The van der Waals surface area contributed by atoms with E-state index in [-0.39, 0.29) is 12.0 Å². The van der Waals surface area contributed by atoms with Crippen LogP contribution in [0.1, 0.15) is 5.56 Å². The molecule has 0 amide bonds. The van der Waals surface area contributed by atoms with Gasteiger partial charge in [-0.15, -0.1) is 0 Å². The maximum atomic E-state index is 13.1. The van der Waals surface area contributed by atoms with Crippen molar-refractivity contribution in [3.05, 3.63) is 52.9 Å². The lowest BCUT2D eigenvalue weighted by atomic mass is 10.2. The first kappa shape index (κ1) is 17.9. The summed E-state index contributed by atoms with van der Waals surface area (Å²) < 4.78 is 29.6. The molecule has 3 rings (SSSR count). The summed E-state index contributed by atoms with van der Waals surface area (Å²) in [6.07, 6.45) is -0.0898. The summed E-state index contributed by atoms with van der Waals surface area (Å²) in [5.74, 6) is 0.382. The van der Waals surface area contributed by atoms with Gasteiger partial charge in [-0.3, -0.25) is 4.90 Å². The van der Waals surface area contributed by atoms with Crippen molar-refractivity contribution in [1.29, 1.82) is 0 Å². The van der Waals surface area contributed by atoms with Gasteiger partial charge in [0.25, 0.3) is 0 Å². The van der Waals surface area contributed by atoms with Gasteiger partial charge in [-0.2, -0.15) is 9.37 Å². The van der Waals surface area contributed by atoms with Crippen LogP contribution in [-0.2, 0) is 11.3 Å². The second-order valence-electron chi connectivity index (χ2n) is 5.81. The van der Waals surface area contributed by atoms with Crippen LogP contribution >= 0.6 is 11.6 Å². The molecule has 1 aliphatic heterocycles. The van der Waals surface area contributed by atoms with Crippen LogP contribution in [0.2, 0.25) is 5.02 Å². The summed E-state index contributed by atoms with van der Waals surface area (Å²) >= 11 is 6.07. The third kappa shape index (κ3) is 5.04. The fourth-order valence-electron chi connectivity index (χ4n) is 2.73. The maximum absolute atomic E-state index is 13.1. The van der Waals surface area contributed by atoms with Crippen molar-refractivity contribution in [2.24, 2.45) is 0 Å². The lowest BCUT2D eigenvalue weighted by Crippen LogP contribution is -2.44. The summed E-state index contributed by atoms with van der Waals surface area (Å²) in [4.78, 5) is 5.96. The number of benzene rings is 1. The lowest BCUT2D eigenvalue weighted by molar-refractivity contribution is -0.0511. The monoisotopic (exact) mass is 366 g/mol. The third-order valence-electron chi connectivity index (χ3n) is 3.95. The van der Waals surface area contributed by atoms with Crippen LogP contribution in [0, 0.1) is 5.95 Å². The Morgan fingerprint density at radius 1 is 1.36 bits per heavy atom. The number of morpholine rings is 1. The summed E-state index contributed by atoms with van der Waals surface area (Å²) in [6, 6.07) is 10.3. The van der Waals surface area contributed by atoms with Gasteiger partial charge in [0.1, 0.15) is 18.5 Å². The Morgan fingerprint density at radius 2 is 2.24 bits per heavy atom. The second kappa shape index (κ2) is 8.47. The van der Waals surface area contributed by atoms with E-state index in [1.54, 1.807) is 19.2 Å². The molecule has 0 bridgehead atoms. The van der Waals surface area contributed by atoms with E-state index in [0.717, 1.165) is 25.2 Å². The van der Waals surface area contributed by atoms with E-state index < -0.39 is 5.95 Å². The zero-order valence-electron chi connectivity index (χ0n) is 14.0. The Balaban J connectivity index is 1.54. The maximum Gasteiger partial charge on any atom is 0.216 e. The molecule has 1 aromatic carbocycles. The van der Waals surface area contributed by atoms with Crippen molar-refractivity contribution < 1.29 is 18.6 Å². The first-order chi connectivity index (χ1) is 12.1. The predicted molar refractivity (Wildman–Crippen MR) is 92.7 cm³/mol. The van der Waals surface area contributed by atoms with Crippen LogP contribution in [0.25, 0.3) is 0 Å². The number of aromatic nitrogens is 1. The molecule has 7 heteroatoms. The number of hydrogen-bond acceptors (Lipinski definition) is 5. The highest BCUT2D eigenvalue weighted by Gasteiger charge is 2.21. The molecule has 0 aliphatic carbocycles. The Kier molecular flexibility index (Phi) is 6.07. The molecule has 1 saturated heterocycles. The Labute approximate surface area is 151 Å². The van der Waals surface area contributed by atoms with E-state index in [9.17, 15) is 4.39 Å². The average Bonchev–Trinajstić information content (AvgIpc) is 2.62. The SMILES string of the molecule is COc1cc(CN2CCO[C@H](COc3cccc(F)n3)C2)ccc1Cl. The quantitative estimate of drug-likeness (QED) is 0.735. The lowest BCUT2D eigenvalue weighted by Gasteiger charge is -2.32. The molecule has 25 heavy (non-hydrogen) atoms. The minimum Gasteiger partial charge on any atom is -0.495 e. The molecular formula is C18H20ClFN2O3. The van der Waals surface area contributed by atoms with Crippen molar-refractivity contribution in [3.8, 4) is 11.6 Å². The van der Waals surface area contributed by atoms with E-state index >= 15 is 0 Å². The first-order valence-electron chi connectivity index (χ1n) is 8.06. The topological polar surface area (TPSA) is 43.8 Å². The smallest absolute Gasteiger partial charge is 0.216 e. The fraction of sp³-hybridized carbons (Fsp3) is 0.389. The highest BCUT2D eigenvalue weighted by molar-refractivity contribution is 6.32. The van der Waals surface area contributed by atoms with Crippen molar-refractivity contribution in [2.75, 3.05) is 33.4 Å². The molecule has 0 radical (unpaired) electrons. The number of rotatable bonds is 6. The minimum atomic E-state index is -0.555. The van der Waals surface area contributed by atoms with Crippen LogP contribution in [0.15, 0.2) is 36.4 Å². The second-order valence-corrected chi connectivity index (χ2v) is 6.21. The van der Waals surface area contributed by atoms with Gasteiger partial charge in [0, 0.05) is 25.7 Å². The zero-order chi connectivity index (χ0) is 17.6. The number of nitrogens with zero attached hydrogens (tertiary/aromatic N) is 2. The van der Waals surface area contributed by atoms with Crippen LogP contribution in [-0.4, -0.2) is 49.4 Å². The Morgan fingerprint density at radius 3 is 3.04 bits per heavy atom. The van der Waals surface area contributed by atoms with Crippen molar-refractivity contribution >= 4 is 11.6 Å². The Hall–Kier alpha value is -1.89. The summed E-state index contributed by atoms with van der Waals surface area (Å²) in [5.41, 5.74) is 1.12. The first-order valence-corrected chi connectivity index (χ1v) is 8.43. The molecule has 0 spiro atoms. The number of ether oxygens (including phenoxy) is 3. The average molecular weight is 367 g/mol. The molecular weight excluding hydrogens is 347 g/mol. The molecule has 0 unspecified atom stereocenters. The minimum absolute atomic E-state index is 0.0898. The number of hydrogen-bond donors (Lipinski definition) is 0. The van der Waals surface area contributed by atoms with Gasteiger partial charge in [0.2, 0.25) is 11.8 Å². The molecule has 0 N–H and O–H groups in total. The van der Waals surface area contributed by atoms with E-state index in [0.29, 0.717) is 24.0 Å². The van der Waals surface area contributed by atoms with E-state index in [2.05, 4.69) is 9.88 Å². The summed E-state index contributed by atoms with van der Waals surface area (Å²) in [5, 5.41) is 0.599. The molecule has 1 aliphatic rings. The van der Waals surface area contributed by atoms with Crippen LogP contribution in [0.5, 0.6) is 11.6 Å². The summed E-state index contributed by atoms with van der Waals surface area (Å²) in [7, 11) is 1.60. The number of halogens is 2. The zero-order valence-corrected chi connectivity index (χ0v) is 14.7. The van der Waals surface area contributed by atoms with Crippen molar-refractivity contribution in [1.82, 2.24) is 9.88 Å². The molecule has 1 aromatic heterocycles. The van der Waals surface area contributed by atoms with Gasteiger partial charge in [0.05, 0.1) is 18.7 Å². The standard InChI is InChI=1S/C18H20ClFN2O3/c1-23-16-9-13(5-6-15(16)19)10-22-7-8-24-14(11-22)12-25-18-4-2-3-17(20)21-18/h2-6,9,14H,7-8,10-12H2,1H3/t14-/m0/s1. The Bertz CT molecular complexity index is 716.